The van der Waals surface area contributed by atoms with Crippen molar-refractivity contribution in [1.82, 2.24) is 14.9 Å². The number of aromatic nitrogens is 3. The van der Waals surface area contributed by atoms with Gasteiger partial charge in [-0.05, 0) is 26.7 Å². The summed E-state index contributed by atoms with van der Waals surface area (Å²) in [6.07, 6.45) is 3.06. The topological polar surface area (TPSA) is 61.2 Å². The van der Waals surface area contributed by atoms with Crippen molar-refractivity contribution >= 4 is 0 Å². The summed E-state index contributed by atoms with van der Waals surface area (Å²) in [6, 6.07) is 0.390. The third-order valence-corrected chi connectivity index (χ3v) is 3.59. The maximum Gasteiger partial charge on any atom is 0.180 e. The number of methoxy groups -OCH3 is 2. The van der Waals surface area contributed by atoms with E-state index in [9.17, 15) is 0 Å². The molecule has 116 valence electrons. The van der Waals surface area contributed by atoms with Gasteiger partial charge in [0.2, 0.25) is 0 Å². The smallest absolute Gasteiger partial charge is 0.180 e. The van der Waals surface area contributed by atoms with Crippen molar-refractivity contribution in [2.24, 2.45) is 0 Å². The Morgan fingerprint density at radius 2 is 1.55 bits per heavy atom. The van der Waals surface area contributed by atoms with E-state index in [1.165, 1.54) is 0 Å². The van der Waals surface area contributed by atoms with E-state index in [1.807, 2.05) is 18.5 Å². The average molecular weight is 284 g/mol. The first-order valence-electron chi connectivity index (χ1n) is 7.36. The highest BCUT2D eigenvalue weighted by atomic mass is 16.5. The van der Waals surface area contributed by atoms with Gasteiger partial charge < -0.3 is 14.9 Å². The molecule has 1 aromatic heterocycles. The summed E-state index contributed by atoms with van der Waals surface area (Å²) in [7, 11) is 3.35. The molecular weight excluding hydrogens is 256 g/mol. The maximum absolute atomic E-state index is 5.37. The van der Waals surface area contributed by atoms with Crippen LogP contribution in [-0.4, -0.2) is 35.1 Å². The highest BCUT2D eigenvalue weighted by Crippen LogP contribution is 2.20. The second-order valence-corrected chi connectivity index (χ2v) is 5.03. The first-order chi connectivity index (χ1) is 9.58. The minimum absolute atomic E-state index is 0.119. The molecule has 0 aliphatic rings. The van der Waals surface area contributed by atoms with Gasteiger partial charge in [0.05, 0.1) is 0 Å². The molecule has 0 aliphatic carbocycles. The zero-order valence-corrected chi connectivity index (χ0v) is 13.5. The molecule has 0 aromatic carbocycles. The van der Waals surface area contributed by atoms with Crippen molar-refractivity contribution in [3.8, 4) is 0 Å². The molecule has 3 unspecified atom stereocenters. The summed E-state index contributed by atoms with van der Waals surface area (Å²) in [6.45, 7) is 8.29. The predicted molar refractivity (Wildman–Crippen MR) is 79.2 cm³/mol. The van der Waals surface area contributed by atoms with Crippen LogP contribution in [-0.2, 0) is 9.47 Å². The summed E-state index contributed by atoms with van der Waals surface area (Å²) >= 11 is 0. The highest BCUT2D eigenvalue weighted by molar-refractivity contribution is 5.05. The Kier molecular flexibility index (Phi) is 6.95. The molecule has 6 heteroatoms. The molecule has 0 bridgehead atoms. The van der Waals surface area contributed by atoms with Crippen LogP contribution in [0.4, 0.5) is 0 Å². The van der Waals surface area contributed by atoms with E-state index in [0.29, 0.717) is 6.04 Å². The summed E-state index contributed by atoms with van der Waals surface area (Å²) in [5.41, 5.74) is 3.51. The molecule has 0 saturated heterocycles. The molecule has 1 rings (SSSR count). The summed E-state index contributed by atoms with van der Waals surface area (Å²) in [5.74, 6) is 1.56. The fraction of sp³-hybridized carbons (Fsp3) is 0.857. The largest absolute Gasteiger partial charge is 0.374 e. The maximum atomic E-state index is 5.37. The first-order valence-corrected chi connectivity index (χ1v) is 7.36. The molecule has 0 radical (unpaired) electrons. The van der Waals surface area contributed by atoms with Crippen LogP contribution < -0.4 is 5.43 Å². The number of ether oxygens (including phenoxy) is 2. The lowest BCUT2D eigenvalue weighted by atomic mass is 10.1. The van der Waals surface area contributed by atoms with Gasteiger partial charge in [-0.15, -0.1) is 10.2 Å². The molecule has 0 spiro atoms. The molecule has 0 fully saturated rings. The van der Waals surface area contributed by atoms with Crippen molar-refractivity contribution in [2.75, 3.05) is 19.6 Å². The predicted octanol–water partition coefficient (Wildman–Crippen LogP) is 2.82. The molecule has 0 saturated carbocycles. The first kappa shape index (κ1) is 16.9. The number of nitrogens with one attached hydrogen (secondary N) is 1. The lowest BCUT2D eigenvalue weighted by Crippen LogP contribution is -2.31. The molecule has 1 aromatic rings. The van der Waals surface area contributed by atoms with Crippen molar-refractivity contribution in [2.45, 2.75) is 65.2 Å². The molecule has 1 N–H and O–H groups in total. The van der Waals surface area contributed by atoms with Crippen LogP contribution in [0.2, 0.25) is 0 Å². The van der Waals surface area contributed by atoms with Crippen molar-refractivity contribution in [3.63, 3.8) is 0 Å². The van der Waals surface area contributed by atoms with Crippen LogP contribution >= 0.6 is 0 Å². The second-order valence-electron chi connectivity index (χ2n) is 5.03. The van der Waals surface area contributed by atoms with Gasteiger partial charge in [-0.25, -0.2) is 4.68 Å². The Balaban J connectivity index is 3.06. The Hall–Kier alpha value is -1.14. The fourth-order valence-corrected chi connectivity index (χ4v) is 2.07. The van der Waals surface area contributed by atoms with Gasteiger partial charge in [0.15, 0.2) is 11.6 Å². The Labute approximate surface area is 121 Å². The molecule has 6 nitrogen and oxygen atoms in total. The van der Waals surface area contributed by atoms with Gasteiger partial charge in [0, 0.05) is 20.3 Å². The lowest BCUT2D eigenvalue weighted by Gasteiger charge is -2.23. The van der Waals surface area contributed by atoms with Gasteiger partial charge in [0.25, 0.3) is 0 Å². The van der Waals surface area contributed by atoms with Crippen molar-refractivity contribution < 1.29 is 9.47 Å². The lowest BCUT2D eigenvalue weighted by molar-refractivity contribution is 0.101. The van der Waals surface area contributed by atoms with Crippen LogP contribution in [0.25, 0.3) is 0 Å². The van der Waals surface area contributed by atoms with Crippen LogP contribution in [0.1, 0.15) is 70.8 Å². The quantitative estimate of drug-likeness (QED) is 0.755. The summed E-state index contributed by atoms with van der Waals surface area (Å²) < 4.78 is 12.7. The third-order valence-electron chi connectivity index (χ3n) is 3.59. The van der Waals surface area contributed by atoms with Gasteiger partial charge in [-0.1, -0.05) is 20.3 Å². The van der Waals surface area contributed by atoms with Gasteiger partial charge in [-0.2, -0.15) is 0 Å². The van der Waals surface area contributed by atoms with E-state index >= 15 is 0 Å². The molecule has 0 aliphatic heterocycles. The van der Waals surface area contributed by atoms with Gasteiger partial charge in [0.1, 0.15) is 12.2 Å². The average Bonchev–Trinajstić information content (AvgIpc) is 2.88. The standard InChI is InChI=1S/C14H28N4O2/c1-7-9-12(8-2)17-18-13(10(3)19-5)15-16-14(18)11(4)20-6/h10-12,17H,7-9H2,1-6H3. The van der Waals surface area contributed by atoms with Crippen LogP contribution in [0.5, 0.6) is 0 Å². The Morgan fingerprint density at radius 1 is 1.05 bits per heavy atom. The molecule has 0 amide bonds. The second kappa shape index (κ2) is 8.21. The SMILES string of the molecule is CCCC(CC)Nn1c(C(C)OC)nnc1C(C)OC. The Morgan fingerprint density at radius 3 is 1.90 bits per heavy atom. The normalized spacial score (nSPS) is 15.9. The molecule has 3 atom stereocenters. The molecular formula is C14H28N4O2. The molecule has 20 heavy (non-hydrogen) atoms. The zero-order valence-electron chi connectivity index (χ0n) is 13.5. The minimum Gasteiger partial charge on any atom is -0.374 e. The molecule has 1 heterocycles. The summed E-state index contributed by atoms with van der Waals surface area (Å²) in [4.78, 5) is 0. The van der Waals surface area contributed by atoms with Crippen LogP contribution in [0, 0.1) is 0 Å². The number of nitrogens with zero attached hydrogens (tertiary/aromatic N) is 3. The van der Waals surface area contributed by atoms with E-state index in [4.69, 9.17) is 9.47 Å². The third kappa shape index (κ3) is 3.93. The van der Waals surface area contributed by atoms with Crippen LogP contribution in [0.3, 0.4) is 0 Å². The minimum atomic E-state index is -0.119. The monoisotopic (exact) mass is 284 g/mol. The number of hydrogen-bond acceptors (Lipinski definition) is 5. The number of hydrogen-bond donors (Lipinski definition) is 1. The highest BCUT2D eigenvalue weighted by Gasteiger charge is 2.22. The zero-order chi connectivity index (χ0) is 15.1. The Bertz CT molecular complexity index is 367. The van der Waals surface area contributed by atoms with E-state index in [0.717, 1.165) is 30.9 Å². The number of rotatable bonds is 9. The van der Waals surface area contributed by atoms with E-state index in [-0.39, 0.29) is 12.2 Å². The van der Waals surface area contributed by atoms with Gasteiger partial charge in [-0.3, -0.25) is 0 Å². The van der Waals surface area contributed by atoms with Gasteiger partial charge >= 0.3 is 0 Å². The van der Waals surface area contributed by atoms with Crippen molar-refractivity contribution in [3.05, 3.63) is 11.6 Å². The summed E-state index contributed by atoms with van der Waals surface area (Å²) in [5, 5.41) is 8.50. The van der Waals surface area contributed by atoms with Crippen LogP contribution in [0.15, 0.2) is 0 Å². The van der Waals surface area contributed by atoms with E-state index in [1.54, 1.807) is 14.2 Å². The van der Waals surface area contributed by atoms with E-state index in [2.05, 4.69) is 29.5 Å². The van der Waals surface area contributed by atoms with E-state index < -0.39 is 0 Å². The fourth-order valence-electron chi connectivity index (χ4n) is 2.07. The van der Waals surface area contributed by atoms with Crippen molar-refractivity contribution in [1.29, 1.82) is 0 Å².